The van der Waals surface area contributed by atoms with Crippen molar-refractivity contribution in [2.75, 3.05) is 51.8 Å². The molecule has 186 valence electrons. The number of nitrogens with zero attached hydrogens (tertiary/aromatic N) is 4. The summed E-state index contributed by atoms with van der Waals surface area (Å²) in [6.07, 6.45) is 3.44. The average Bonchev–Trinajstić information content (AvgIpc) is 3.34. The lowest BCUT2D eigenvalue weighted by molar-refractivity contribution is 0.0614. The van der Waals surface area contributed by atoms with Crippen LogP contribution in [0.25, 0.3) is 22.2 Å². The summed E-state index contributed by atoms with van der Waals surface area (Å²) in [6, 6.07) is 13.2. The number of aliphatic hydroxyl groups excluding tert-OH is 1. The third-order valence-corrected chi connectivity index (χ3v) is 6.59. The second-order valence-corrected chi connectivity index (χ2v) is 8.98. The molecule has 10 heteroatoms. The van der Waals surface area contributed by atoms with Crippen LogP contribution < -0.4 is 10.1 Å². The molecule has 0 radical (unpaired) electrons. The lowest BCUT2D eigenvalue weighted by atomic mass is 10.1. The highest BCUT2D eigenvalue weighted by molar-refractivity contribution is 6.33. The number of carbonyl (C=O) groups excluding carboxylic acids is 1. The molecule has 3 N–H and O–H groups in total. The Kier molecular flexibility index (Phi) is 7.04. The molecule has 0 bridgehead atoms. The lowest BCUT2D eigenvalue weighted by Gasteiger charge is -2.34. The van der Waals surface area contributed by atoms with Crippen molar-refractivity contribution in [3.8, 4) is 17.0 Å². The van der Waals surface area contributed by atoms with Gasteiger partial charge in [-0.25, -0.2) is 9.97 Å². The van der Waals surface area contributed by atoms with E-state index in [2.05, 4.69) is 25.2 Å². The van der Waals surface area contributed by atoms with E-state index in [0.717, 1.165) is 29.6 Å². The number of benzene rings is 2. The van der Waals surface area contributed by atoms with Crippen molar-refractivity contribution in [2.45, 2.75) is 0 Å². The van der Waals surface area contributed by atoms with Gasteiger partial charge in [-0.2, -0.15) is 0 Å². The normalized spacial score (nSPS) is 14.2. The van der Waals surface area contributed by atoms with Gasteiger partial charge < -0.3 is 25.0 Å². The number of methoxy groups -OCH3 is 1. The molecular weight excluding hydrogens is 480 g/mol. The molecule has 0 saturated carbocycles. The number of aromatic nitrogens is 3. The molecule has 1 fully saturated rings. The minimum absolute atomic E-state index is 0.0721. The molecule has 0 spiro atoms. The molecule has 3 heterocycles. The molecule has 0 aliphatic carbocycles. The number of carbonyl (C=O) groups is 1. The van der Waals surface area contributed by atoms with Crippen molar-refractivity contribution in [1.29, 1.82) is 0 Å². The van der Waals surface area contributed by atoms with E-state index < -0.39 is 0 Å². The van der Waals surface area contributed by atoms with Gasteiger partial charge in [0.1, 0.15) is 5.75 Å². The highest BCUT2D eigenvalue weighted by Crippen LogP contribution is 2.33. The quantitative estimate of drug-likeness (QED) is 0.350. The van der Waals surface area contributed by atoms with Gasteiger partial charge in [0.2, 0.25) is 5.95 Å². The Balaban J connectivity index is 1.40. The Bertz CT molecular complexity index is 1380. The smallest absolute Gasteiger partial charge is 0.254 e. The van der Waals surface area contributed by atoms with Crippen LogP contribution in [0.5, 0.6) is 5.75 Å². The van der Waals surface area contributed by atoms with E-state index in [1.54, 1.807) is 31.5 Å². The van der Waals surface area contributed by atoms with Gasteiger partial charge in [0.15, 0.2) is 0 Å². The first kappa shape index (κ1) is 24.1. The number of ether oxygens (including phenoxy) is 1. The summed E-state index contributed by atoms with van der Waals surface area (Å²) in [4.78, 5) is 29.5. The van der Waals surface area contributed by atoms with E-state index in [-0.39, 0.29) is 12.5 Å². The predicted molar refractivity (Wildman–Crippen MR) is 140 cm³/mol. The topological polar surface area (TPSA) is 107 Å². The lowest BCUT2D eigenvalue weighted by Crippen LogP contribution is -2.49. The van der Waals surface area contributed by atoms with E-state index in [4.69, 9.17) is 21.4 Å². The number of piperazine rings is 1. The van der Waals surface area contributed by atoms with Crippen LogP contribution in [0.1, 0.15) is 10.4 Å². The summed E-state index contributed by atoms with van der Waals surface area (Å²) >= 11 is 6.47. The zero-order valence-corrected chi connectivity index (χ0v) is 20.6. The Morgan fingerprint density at radius 1 is 1.19 bits per heavy atom. The van der Waals surface area contributed by atoms with E-state index in [9.17, 15) is 4.79 Å². The van der Waals surface area contributed by atoms with E-state index in [1.807, 2.05) is 35.4 Å². The van der Waals surface area contributed by atoms with Crippen LogP contribution in [0.4, 0.5) is 11.6 Å². The summed E-state index contributed by atoms with van der Waals surface area (Å²) in [7, 11) is 1.56. The van der Waals surface area contributed by atoms with E-state index in [1.165, 1.54) is 0 Å². The SMILES string of the molecule is COc1cc(Nc2ncc(Cl)c(-c3c[nH]c4ccccc34)n2)cc(C(=O)N2CCN(CCO)CC2)c1. The summed E-state index contributed by atoms with van der Waals surface area (Å²) in [5, 5.41) is 13.8. The molecule has 1 aliphatic heterocycles. The fourth-order valence-electron chi connectivity index (χ4n) is 4.42. The zero-order valence-electron chi connectivity index (χ0n) is 19.9. The molecule has 2 aromatic carbocycles. The summed E-state index contributed by atoms with van der Waals surface area (Å²) in [5.74, 6) is 0.828. The fourth-order valence-corrected chi connectivity index (χ4v) is 4.62. The number of hydrogen-bond donors (Lipinski definition) is 3. The fraction of sp³-hybridized carbons (Fsp3) is 0.269. The molecule has 5 rings (SSSR count). The first-order valence-electron chi connectivity index (χ1n) is 11.7. The second-order valence-electron chi connectivity index (χ2n) is 8.57. The van der Waals surface area contributed by atoms with Gasteiger partial charge in [0.05, 0.1) is 30.6 Å². The number of para-hydroxylation sites is 1. The Morgan fingerprint density at radius 3 is 2.78 bits per heavy atom. The molecule has 2 aromatic heterocycles. The molecule has 36 heavy (non-hydrogen) atoms. The van der Waals surface area contributed by atoms with Crippen LogP contribution in [0.2, 0.25) is 5.02 Å². The van der Waals surface area contributed by atoms with E-state index >= 15 is 0 Å². The monoisotopic (exact) mass is 506 g/mol. The molecular formula is C26H27ClN6O3. The number of amides is 1. The van der Waals surface area contributed by atoms with Crippen LogP contribution in [-0.2, 0) is 0 Å². The zero-order chi connectivity index (χ0) is 25.1. The van der Waals surface area contributed by atoms with Crippen LogP contribution in [-0.4, -0.2) is 82.2 Å². The number of anilines is 2. The number of nitrogens with one attached hydrogen (secondary N) is 2. The summed E-state index contributed by atoms with van der Waals surface area (Å²) in [5.41, 5.74) is 3.61. The molecule has 1 saturated heterocycles. The standard InChI is InChI=1S/C26H27ClN6O3/c1-36-19-13-17(25(35)33-8-6-32(7-9-33)10-11-34)12-18(14-19)30-26-29-16-22(27)24(31-26)21-15-28-23-5-3-2-4-20(21)23/h2-5,12-16,28,34H,6-11H2,1H3,(H,29,30,31). The van der Waals surface area contributed by atoms with Gasteiger partial charge in [-0.1, -0.05) is 29.8 Å². The Hall–Kier alpha value is -3.66. The van der Waals surface area contributed by atoms with Crippen LogP contribution >= 0.6 is 11.6 Å². The summed E-state index contributed by atoms with van der Waals surface area (Å²) < 4.78 is 5.46. The first-order valence-corrected chi connectivity index (χ1v) is 12.1. The predicted octanol–water partition coefficient (Wildman–Crippen LogP) is 3.78. The van der Waals surface area contributed by atoms with Gasteiger partial charge in [-0.15, -0.1) is 0 Å². The van der Waals surface area contributed by atoms with Gasteiger partial charge in [-0.05, 0) is 18.2 Å². The van der Waals surface area contributed by atoms with Gasteiger partial charge >= 0.3 is 0 Å². The Morgan fingerprint density at radius 2 is 2.00 bits per heavy atom. The molecule has 9 nitrogen and oxygen atoms in total. The third kappa shape index (κ3) is 4.99. The highest BCUT2D eigenvalue weighted by atomic mass is 35.5. The van der Waals surface area contributed by atoms with Crippen molar-refractivity contribution >= 4 is 40.0 Å². The van der Waals surface area contributed by atoms with E-state index in [0.29, 0.717) is 53.3 Å². The maximum atomic E-state index is 13.2. The van der Waals surface area contributed by atoms with Crippen molar-refractivity contribution in [3.05, 3.63) is 65.4 Å². The van der Waals surface area contributed by atoms with Crippen LogP contribution in [0.15, 0.2) is 54.9 Å². The van der Waals surface area contributed by atoms with Crippen LogP contribution in [0, 0.1) is 0 Å². The van der Waals surface area contributed by atoms with Gasteiger partial charge in [0, 0.05) is 72.7 Å². The largest absolute Gasteiger partial charge is 0.497 e. The van der Waals surface area contributed by atoms with Crippen molar-refractivity contribution < 1.29 is 14.6 Å². The minimum atomic E-state index is -0.0721. The van der Waals surface area contributed by atoms with Crippen molar-refractivity contribution in [2.24, 2.45) is 0 Å². The minimum Gasteiger partial charge on any atom is -0.497 e. The maximum absolute atomic E-state index is 13.2. The number of fused-ring (bicyclic) bond motifs is 1. The average molecular weight is 507 g/mol. The van der Waals surface area contributed by atoms with Crippen molar-refractivity contribution in [3.63, 3.8) is 0 Å². The summed E-state index contributed by atoms with van der Waals surface area (Å²) in [6.45, 7) is 3.41. The molecule has 4 aromatic rings. The number of aromatic amines is 1. The number of H-pyrrole nitrogens is 1. The van der Waals surface area contributed by atoms with Crippen molar-refractivity contribution in [1.82, 2.24) is 24.8 Å². The first-order chi connectivity index (χ1) is 17.6. The van der Waals surface area contributed by atoms with Gasteiger partial charge in [-0.3, -0.25) is 9.69 Å². The molecule has 0 unspecified atom stereocenters. The molecule has 1 aliphatic rings. The van der Waals surface area contributed by atoms with Gasteiger partial charge in [0.25, 0.3) is 5.91 Å². The number of aliphatic hydroxyl groups is 1. The number of rotatable bonds is 7. The maximum Gasteiger partial charge on any atom is 0.254 e. The molecule has 0 atom stereocenters. The molecule has 1 amide bonds. The third-order valence-electron chi connectivity index (χ3n) is 6.31. The number of halogens is 1. The number of β-amino-alcohol motifs (C(OH)–C–C–N with tert-alkyl or cyclic N) is 1. The van der Waals surface area contributed by atoms with Crippen LogP contribution in [0.3, 0.4) is 0 Å². The number of hydrogen-bond acceptors (Lipinski definition) is 7. The second kappa shape index (κ2) is 10.5. The highest BCUT2D eigenvalue weighted by Gasteiger charge is 2.23. The Labute approximate surface area is 213 Å².